The first-order valence-corrected chi connectivity index (χ1v) is 11.7. The van der Waals surface area contributed by atoms with Gasteiger partial charge in [-0.3, -0.25) is 9.59 Å². The zero-order chi connectivity index (χ0) is 24.9. The van der Waals surface area contributed by atoms with Crippen LogP contribution in [0.2, 0.25) is 0 Å². The lowest BCUT2D eigenvalue weighted by Crippen LogP contribution is -2.39. The van der Waals surface area contributed by atoms with Crippen molar-refractivity contribution < 1.29 is 18.8 Å². The smallest absolute Gasteiger partial charge is 0.326 e. The molecule has 3 aromatic rings. The number of urea groups is 1. The lowest BCUT2D eigenvalue weighted by Gasteiger charge is -2.21. The highest BCUT2D eigenvalue weighted by Gasteiger charge is 2.46. The molecule has 1 fully saturated rings. The number of hydrogen-bond donors (Lipinski definition) is 1. The predicted molar refractivity (Wildman–Crippen MR) is 134 cm³/mol. The molecule has 0 radical (unpaired) electrons. The summed E-state index contributed by atoms with van der Waals surface area (Å²) in [5.74, 6) is -1.21. The molecule has 0 aromatic heterocycles. The predicted octanol–water partition coefficient (Wildman–Crippen LogP) is 5.11. The normalized spacial score (nSPS) is 15.6. The van der Waals surface area contributed by atoms with Gasteiger partial charge in [0, 0.05) is 12.2 Å². The second-order valence-electron chi connectivity index (χ2n) is 8.65. The van der Waals surface area contributed by atoms with Crippen molar-refractivity contribution in [3.63, 3.8) is 0 Å². The first kappa shape index (κ1) is 24.1. The first-order valence-electron chi connectivity index (χ1n) is 11.7. The number of imide groups is 1. The van der Waals surface area contributed by atoms with Crippen LogP contribution >= 0.6 is 0 Å². The van der Waals surface area contributed by atoms with Gasteiger partial charge in [-0.05, 0) is 61.2 Å². The first-order chi connectivity index (χ1) is 16.9. The van der Waals surface area contributed by atoms with Gasteiger partial charge in [0.1, 0.15) is 11.9 Å². The fourth-order valence-electron chi connectivity index (χ4n) is 4.17. The van der Waals surface area contributed by atoms with Gasteiger partial charge in [-0.15, -0.1) is 0 Å². The highest BCUT2D eigenvalue weighted by molar-refractivity contribution is 6.22. The van der Waals surface area contributed by atoms with E-state index in [0.29, 0.717) is 16.9 Å². The zero-order valence-electron chi connectivity index (χ0n) is 19.8. The Labute approximate surface area is 204 Å². The molecule has 180 valence electrons. The second-order valence-corrected chi connectivity index (χ2v) is 8.65. The Balaban J connectivity index is 1.55. The Kier molecular flexibility index (Phi) is 7.25. The van der Waals surface area contributed by atoms with E-state index in [1.807, 2.05) is 50.2 Å². The fraction of sp³-hybridized carbons (Fsp3) is 0.250. The highest BCUT2D eigenvalue weighted by Crippen LogP contribution is 2.28. The number of halogens is 1. The van der Waals surface area contributed by atoms with Gasteiger partial charge in [-0.1, -0.05) is 55.0 Å². The Morgan fingerprint density at radius 1 is 0.971 bits per heavy atom. The molecule has 0 bridgehead atoms. The summed E-state index contributed by atoms with van der Waals surface area (Å²) in [6, 6.07) is 19.4. The molecule has 1 saturated heterocycles. The van der Waals surface area contributed by atoms with Crippen molar-refractivity contribution in [2.45, 2.75) is 39.2 Å². The van der Waals surface area contributed by atoms with Crippen LogP contribution in [0.1, 0.15) is 30.0 Å². The largest absolute Gasteiger partial charge is 0.332 e. The number of benzene rings is 3. The van der Waals surface area contributed by atoms with E-state index in [4.69, 9.17) is 0 Å². The van der Waals surface area contributed by atoms with E-state index < -0.39 is 18.0 Å². The van der Waals surface area contributed by atoms with Crippen molar-refractivity contribution in [1.82, 2.24) is 4.90 Å². The lowest BCUT2D eigenvalue weighted by atomic mass is 10.1. The standard InChI is InChI=1S/C28H28FN3O3/c1-3-20-10-12-22(13-11-20)30-26(33)18-25-27(34)32(23-14-8-19(2)9-15-23)28(35)31(25)17-16-21-6-4-5-7-24(21)29/h4-15,25H,3,16-18H2,1-2H3,(H,30,33). The van der Waals surface area contributed by atoms with Crippen LogP contribution in [0.15, 0.2) is 72.8 Å². The van der Waals surface area contributed by atoms with Gasteiger partial charge in [0.25, 0.3) is 5.91 Å². The van der Waals surface area contributed by atoms with E-state index in [2.05, 4.69) is 5.32 Å². The molecule has 4 amide bonds. The summed E-state index contributed by atoms with van der Waals surface area (Å²) in [5, 5.41) is 2.81. The van der Waals surface area contributed by atoms with Crippen LogP contribution < -0.4 is 10.2 Å². The van der Waals surface area contributed by atoms with E-state index in [1.165, 1.54) is 11.0 Å². The van der Waals surface area contributed by atoms with Crippen LogP contribution in [0.4, 0.5) is 20.6 Å². The fourth-order valence-corrected chi connectivity index (χ4v) is 4.17. The number of rotatable bonds is 8. The molecule has 1 aliphatic rings. The third-order valence-electron chi connectivity index (χ3n) is 6.22. The number of carbonyl (C=O) groups excluding carboxylic acids is 3. The van der Waals surface area contributed by atoms with Gasteiger partial charge in [-0.25, -0.2) is 14.1 Å². The Morgan fingerprint density at radius 3 is 2.31 bits per heavy atom. The number of nitrogens with one attached hydrogen (secondary N) is 1. The Bertz CT molecular complexity index is 1220. The van der Waals surface area contributed by atoms with E-state index in [-0.39, 0.29) is 31.1 Å². The molecule has 6 nitrogen and oxygen atoms in total. The molecule has 0 aliphatic carbocycles. The van der Waals surface area contributed by atoms with Crippen molar-refractivity contribution in [2.24, 2.45) is 0 Å². The summed E-state index contributed by atoms with van der Waals surface area (Å²) >= 11 is 0. The van der Waals surface area contributed by atoms with E-state index in [9.17, 15) is 18.8 Å². The second kappa shape index (κ2) is 10.5. The van der Waals surface area contributed by atoms with Gasteiger partial charge in [0.2, 0.25) is 5.91 Å². The summed E-state index contributed by atoms with van der Waals surface area (Å²) in [6.07, 6.45) is 0.919. The van der Waals surface area contributed by atoms with Crippen molar-refractivity contribution in [3.8, 4) is 0 Å². The molecule has 1 atom stereocenters. The van der Waals surface area contributed by atoms with Gasteiger partial charge in [0.05, 0.1) is 12.1 Å². The minimum Gasteiger partial charge on any atom is -0.326 e. The maximum atomic E-state index is 14.2. The zero-order valence-corrected chi connectivity index (χ0v) is 19.8. The lowest BCUT2D eigenvalue weighted by molar-refractivity contribution is -0.124. The van der Waals surface area contributed by atoms with Gasteiger partial charge < -0.3 is 10.2 Å². The number of anilines is 2. The molecule has 35 heavy (non-hydrogen) atoms. The summed E-state index contributed by atoms with van der Waals surface area (Å²) < 4.78 is 14.2. The van der Waals surface area contributed by atoms with Crippen molar-refractivity contribution in [3.05, 3.63) is 95.3 Å². The third kappa shape index (κ3) is 5.40. The molecule has 4 rings (SSSR count). The Hall–Kier alpha value is -4.00. The summed E-state index contributed by atoms with van der Waals surface area (Å²) in [5.41, 5.74) is 3.65. The quantitative estimate of drug-likeness (QED) is 0.463. The summed E-state index contributed by atoms with van der Waals surface area (Å²) in [6.45, 7) is 4.07. The average Bonchev–Trinajstić information content (AvgIpc) is 3.08. The molecular formula is C28H28FN3O3. The molecule has 0 spiro atoms. The molecule has 0 saturated carbocycles. The summed E-state index contributed by atoms with van der Waals surface area (Å²) in [4.78, 5) is 42.0. The highest BCUT2D eigenvalue weighted by atomic mass is 19.1. The van der Waals surface area contributed by atoms with Crippen molar-refractivity contribution >= 4 is 29.2 Å². The maximum absolute atomic E-state index is 14.2. The molecule has 1 N–H and O–H groups in total. The SMILES string of the molecule is CCc1ccc(NC(=O)CC2C(=O)N(c3ccc(C)cc3)C(=O)N2CCc2ccccc2F)cc1. The number of carbonyl (C=O) groups is 3. The molecule has 1 unspecified atom stereocenters. The van der Waals surface area contributed by atoms with E-state index >= 15 is 0 Å². The number of amides is 4. The van der Waals surface area contributed by atoms with Crippen LogP contribution in [0.25, 0.3) is 0 Å². The van der Waals surface area contributed by atoms with Gasteiger partial charge in [0.15, 0.2) is 0 Å². The number of hydrogen-bond acceptors (Lipinski definition) is 3. The molecule has 3 aromatic carbocycles. The topological polar surface area (TPSA) is 69.7 Å². The van der Waals surface area contributed by atoms with Crippen LogP contribution in [0.3, 0.4) is 0 Å². The van der Waals surface area contributed by atoms with E-state index in [1.54, 1.807) is 30.3 Å². The molecule has 1 heterocycles. The van der Waals surface area contributed by atoms with Crippen LogP contribution in [-0.2, 0) is 22.4 Å². The average molecular weight is 474 g/mol. The minimum absolute atomic E-state index is 0.108. The monoisotopic (exact) mass is 473 g/mol. The van der Waals surface area contributed by atoms with E-state index in [0.717, 1.165) is 22.4 Å². The number of nitrogens with zero attached hydrogens (tertiary/aromatic N) is 2. The summed E-state index contributed by atoms with van der Waals surface area (Å²) in [7, 11) is 0. The molecule has 7 heteroatoms. The molecular weight excluding hydrogens is 445 g/mol. The maximum Gasteiger partial charge on any atom is 0.332 e. The number of aryl methyl sites for hydroxylation is 2. The molecule has 1 aliphatic heterocycles. The third-order valence-corrected chi connectivity index (χ3v) is 6.22. The van der Waals surface area contributed by atoms with Crippen LogP contribution in [0, 0.1) is 12.7 Å². The van der Waals surface area contributed by atoms with Crippen molar-refractivity contribution in [2.75, 3.05) is 16.8 Å². The van der Waals surface area contributed by atoms with Crippen molar-refractivity contribution in [1.29, 1.82) is 0 Å². The minimum atomic E-state index is -0.981. The van der Waals surface area contributed by atoms with Gasteiger partial charge in [-0.2, -0.15) is 0 Å². The van der Waals surface area contributed by atoms with Crippen LogP contribution in [-0.4, -0.2) is 35.3 Å². The Morgan fingerprint density at radius 2 is 1.66 bits per heavy atom. The van der Waals surface area contributed by atoms with Crippen LogP contribution in [0.5, 0.6) is 0 Å². The van der Waals surface area contributed by atoms with Gasteiger partial charge >= 0.3 is 6.03 Å².